The molecule has 0 radical (unpaired) electrons. The average molecular weight is 338 g/mol. The molecule has 0 aliphatic carbocycles. The maximum Gasteiger partial charge on any atom is 0.315 e. The van der Waals surface area contributed by atoms with Gasteiger partial charge in [0, 0.05) is 25.7 Å². The Morgan fingerprint density at radius 3 is 2.64 bits per heavy atom. The SMILES string of the molecule is N#Cc1ccc(-n2nc(C3CCOCC3)nc2[C@@H]2CNC(=O)N2)cc1. The normalized spacial score (nSPS) is 20.8. The molecular formula is C17H18N6O2. The van der Waals surface area contributed by atoms with Gasteiger partial charge in [0.25, 0.3) is 0 Å². The van der Waals surface area contributed by atoms with E-state index < -0.39 is 0 Å². The Kier molecular flexibility index (Phi) is 4.07. The van der Waals surface area contributed by atoms with Crippen molar-refractivity contribution in [3.8, 4) is 11.8 Å². The van der Waals surface area contributed by atoms with Crippen LogP contribution in [-0.4, -0.2) is 40.6 Å². The number of benzene rings is 1. The Morgan fingerprint density at radius 1 is 1.24 bits per heavy atom. The van der Waals surface area contributed by atoms with E-state index in [9.17, 15) is 4.79 Å². The Bertz CT molecular complexity index is 817. The zero-order valence-corrected chi connectivity index (χ0v) is 13.6. The number of amides is 2. The standard InChI is InChI=1S/C17H18N6O2/c18-9-11-1-3-13(4-2-11)23-16(14-10-19-17(24)20-14)21-15(22-23)12-5-7-25-8-6-12/h1-4,12,14H,5-8,10H2,(H2,19,20,24)/t14-/m0/s1. The molecule has 2 aliphatic heterocycles. The third-order valence-electron chi connectivity index (χ3n) is 4.56. The summed E-state index contributed by atoms with van der Waals surface area (Å²) in [5, 5.41) is 19.3. The third-order valence-corrected chi connectivity index (χ3v) is 4.56. The van der Waals surface area contributed by atoms with E-state index in [-0.39, 0.29) is 18.0 Å². The van der Waals surface area contributed by atoms with E-state index in [1.165, 1.54) is 0 Å². The highest BCUT2D eigenvalue weighted by Crippen LogP contribution is 2.27. The summed E-state index contributed by atoms with van der Waals surface area (Å²) < 4.78 is 7.19. The van der Waals surface area contributed by atoms with Crippen LogP contribution in [0.2, 0.25) is 0 Å². The number of carbonyl (C=O) groups is 1. The number of ether oxygens (including phenoxy) is 1. The summed E-state index contributed by atoms with van der Waals surface area (Å²) in [6.45, 7) is 1.90. The number of nitrogens with one attached hydrogen (secondary N) is 2. The minimum Gasteiger partial charge on any atom is -0.381 e. The summed E-state index contributed by atoms with van der Waals surface area (Å²) in [4.78, 5) is 16.3. The zero-order chi connectivity index (χ0) is 17.2. The van der Waals surface area contributed by atoms with Crippen molar-refractivity contribution in [2.24, 2.45) is 0 Å². The molecule has 4 rings (SSSR count). The highest BCUT2D eigenvalue weighted by Gasteiger charge is 2.30. The topological polar surface area (TPSA) is 105 Å². The second kappa shape index (κ2) is 6.53. The molecule has 2 amide bonds. The van der Waals surface area contributed by atoms with Crippen LogP contribution in [0.1, 0.15) is 42.0 Å². The molecule has 0 spiro atoms. The van der Waals surface area contributed by atoms with Crippen molar-refractivity contribution in [3.63, 3.8) is 0 Å². The number of nitriles is 1. The van der Waals surface area contributed by atoms with Crippen LogP contribution < -0.4 is 10.6 Å². The lowest BCUT2D eigenvalue weighted by molar-refractivity contribution is 0.0836. The Hall–Kier alpha value is -2.92. The van der Waals surface area contributed by atoms with Crippen molar-refractivity contribution < 1.29 is 9.53 Å². The van der Waals surface area contributed by atoms with Crippen LogP contribution >= 0.6 is 0 Å². The van der Waals surface area contributed by atoms with Crippen LogP contribution in [0.15, 0.2) is 24.3 Å². The summed E-state index contributed by atoms with van der Waals surface area (Å²) in [6, 6.07) is 8.86. The van der Waals surface area contributed by atoms with Crippen LogP contribution in [0.3, 0.4) is 0 Å². The Morgan fingerprint density at radius 2 is 2.00 bits per heavy atom. The van der Waals surface area contributed by atoms with Gasteiger partial charge in [-0.3, -0.25) is 0 Å². The fourth-order valence-corrected chi connectivity index (χ4v) is 3.17. The quantitative estimate of drug-likeness (QED) is 0.880. The summed E-state index contributed by atoms with van der Waals surface area (Å²) in [5.41, 5.74) is 1.41. The minimum atomic E-state index is -0.232. The number of urea groups is 1. The average Bonchev–Trinajstić information content (AvgIpc) is 3.29. The van der Waals surface area contributed by atoms with E-state index in [0.717, 1.165) is 24.4 Å². The molecule has 2 aliphatic rings. The molecule has 1 aromatic heterocycles. The van der Waals surface area contributed by atoms with Gasteiger partial charge >= 0.3 is 6.03 Å². The van der Waals surface area contributed by atoms with E-state index in [2.05, 4.69) is 16.7 Å². The van der Waals surface area contributed by atoms with E-state index in [0.29, 0.717) is 31.1 Å². The third kappa shape index (κ3) is 3.06. The Balaban J connectivity index is 1.72. The van der Waals surface area contributed by atoms with E-state index in [1.54, 1.807) is 16.8 Å². The van der Waals surface area contributed by atoms with Crippen molar-refractivity contribution in [2.75, 3.05) is 19.8 Å². The molecule has 0 unspecified atom stereocenters. The van der Waals surface area contributed by atoms with Crippen molar-refractivity contribution in [1.29, 1.82) is 5.26 Å². The second-order valence-electron chi connectivity index (χ2n) is 6.19. The molecule has 8 nitrogen and oxygen atoms in total. The van der Waals surface area contributed by atoms with E-state index in [4.69, 9.17) is 20.1 Å². The van der Waals surface area contributed by atoms with Crippen LogP contribution in [0.25, 0.3) is 5.69 Å². The summed E-state index contributed by atoms with van der Waals surface area (Å²) in [6.07, 6.45) is 1.79. The van der Waals surface area contributed by atoms with Crippen LogP contribution in [0, 0.1) is 11.3 Å². The van der Waals surface area contributed by atoms with Gasteiger partial charge in [-0.2, -0.15) is 10.4 Å². The number of carbonyl (C=O) groups excluding carboxylic acids is 1. The van der Waals surface area contributed by atoms with Crippen LogP contribution in [-0.2, 0) is 4.74 Å². The largest absolute Gasteiger partial charge is 0.381 e. The lowest BCUT2D eigenvalue weighted by Gasteiger charge is -2.18. The summed E-state index contributed by atoms with van der Waals surface area (Å²) in [5.74, 6) is 1.74. The first-order valence-electron chi connectivity index (χ1n) is 8.34. The molecule has 2 N–H and O–H groups in total. The lowest BCUT2D eigenvalue weighted by atomic mass is 10.00. The number of hydrogen-bond acceptors (Lipinski definition) is 5. The van der Waals surface area contributed by atoms with Gasteiger partial charge in [0.1, 0.15) is 6.04 Å². The van der Waals surface area contributed by atoms with Gasteiger partial charge in [0.2, 0.25) is 0 Å². The lowest BCUT2D eigenvalue weighted by Crippen LogP contribution is -2.23. The van der Waals surface area contributed by atoms with Crippen molar-refractivity contribution >= 4 is 6.03 Å². The first kappa shape index (κ1) is 15.6. The molecule has 0 bridgehead atoms. The molecule has 25 heavy (non-hydrogen) atoms. The van der Waals surface area contributed by atoms with E-state index in [1.807, 2.05) is 12.1 Å². The summed E-state index contributed by atoms with van der Waals surface area (Å²) >= 11 is 0. The van der Waals surface area contributed by atoms with Crippen LogP contribution in [0.5, 0.6) is 0 Å². The first-order chi connectivity index (χ1) is 12.2. The van der Waals surface area contributed by atoms with E-state index >= 15 is 0 Å². The van der Waals surface area contributed by atoms with Gasteiger partial charge in [-0.25, -0.2) is 14.5 Å². The van der Waals surface area contributed by atoms with Gasteiger partial charge in [-0.15, -0.1) is 0 Å². The number of rotatable bonds is 3. The second-order valence-corrected chi connectivity index (χ2v) is 6.19. The van der Waals surface area contributed by atoms with Gasteiger partial charge in [0.15, 0.2) is 11.6 Å². The van der Waals surface area contributed by atoms with Crippen LogP contribution in [0.4, 0.5) is 4.79 Å². The van der Waals surface area contributed by atoms with Gasteiger partial charge < -0.3 is 15.4 Å². The molecule has 8 heteroatoms. The summed E-state index contributed by atoms with van der Waals surface area (Å²) in [7, 11) is 0. The molecule has 2 aromatic rings. The molecule has 1 atom stereocenters. The molecule has 128 valence electrons. The fourth-order valence-electron chi connectivity index (χ4n) is 3.17. The molecule has 1 aromatic carbocycles. The zero-order valence-electron chi connectivity index (χ0n) is 13.6. The maximum absolute atomic E-state index is 11.5. The predicted molar refractivity (Wildman–Crippen MR) is 88.1 cm³/mol. The van der Waals surface area contributed by atoms with Gasteiger partial charge in [0.05, 0.1) is 17.3 Å². The minimum absolute atomic E-state index is 0.202. The van der Waals surface area contributed by atoms with Gasteiger partial charge in [-0.1, -0.05) is 0 Å². The smallest absolute Gasteiger partial charge is 0.315 e. The Labute approximate surface area is 144 Å². The fraction of sp³-hybridized carbons (Fsp3) is 0.412. The monoisotopic (exact) mass is 338 g/mol. The highest BCUT2D eigenvalue weighted by atomic mass is 16.5. The molecule has 2 fully saturated rings. The molecular weight excluding hydrogens is 320 g/mol. The van der Waals surface area contributed by atoms with Crippen molar-refractivity contribution in [1.82, 2.24) is 25.4 Å². The van der Waals surface area contributed by atoms with Gasteiger partial charge in [-0.05, 0) is 37.1 Å². The molecule has 2 saturated heterocycles. The molecule has 3 heterocycles. The number of aromatic nitrogens is 3. The predicted octanol–water partition coefficient (Wildman–Crippen LogP) is 1.39. The maximum atomic E-state index is 11.5. The molecule has 0 saturated carbocycles. The highest BCUT2D eigenvalue weighted by molar-refractivity contribution is 5.76. The van der Waals surface area contributed by atoms with Crippen molar-refractivity contribution in [3.05, 3.63) is 41.5 Å². The first-order valence-corrected chi connectivity index (χ1v) is 8.34. The van der Waals surface area contributed by atoms with Crippen molar-refractivity contribution in [2.45, 2.75) is 24.8 Å². The number of hydrogen-bond donors (Lipinski definition) is 2. The number of nitrogens with zero attached hydrogens (tertiary/aromatic N) is 4.